The monoisotopic (exact) mass is 454 g/mol. The molecule has 0 saturated carbocycles. The molecule has 4 aromatic carbocycles. The first-order valence-electron chi connectivity index (χ1n) is 12.0. The highest BCUT2D eigenvalue weighted by atomic mass is 16.3. The summed E-state index contributed by atoms with van der Waals surface area (Å²) in [5.41, 5.74) is 6.04. The van der Waals surface area contributed by atoms with Crippen molar-refractivity contribution in [2.24, 2.45) is 0 Å². The van der Waals surface area contributed by atoms with Crippen molar-refractivity contribution < 1.29 is 4.42 Å². The minimum atomic E-state index is -0.562. The number of nitrogens with zero attached hydrogens (tertiary/aromatic N) is 2. The van der Waals surface area contributed by atoms with E-state index in [0.717, 1.165) is 22.2 Å². The fourth-order valence-electron chi connectivity index (χ4n) is 5.22. The lowest BCUT2D eigenvalue weighted by atomic mass is 9.76. The van der Waals surface area contributed by atoms with Gasteiger partial charge in [0, 0.05) is 23.1 Å². The third-order valence-electron chi connectivity index (χ3n) is 6.99. The molecule has 2 aromatic heterocycles. The Labute approximate surface area is 205 Å². The zero-order valence-corrected chi connectivity index (χ0v) is 19.6. The maximum atomic E-state index is 5.84. The second kappa shape index (κ2) is 8.77. The SMILES string of the molecule is CC(c1cn(C(c2ccccc2)(c2ccccc2)c2ccccc2)cn1)c1coc2ccccc12. The van der Waals surface area contributed by atoms with Gasteiger partial charge in [-0.1, -0.05) is 116 Å². The molecule has 35 heavy (non-hydrogen) atoms. The molecule has 170 valence electrons. The van der Waals surface area contributed by atoms with Crippen LogP contribution in [0.5, 0.6) is 0 Å². The normalized spacial score (nSPS) is 12.6. The van der Waals surface area contributed by atoms with Crippen LogP contribution in [-0.4, -0.2) is 9.55 Å². The molecular formula is C32H26N2O. The van der Waals surface area contributed by atoms with Gasteiger partial charge >= 0.3 is 0 Å². The van der Waals surface area contributed by atoms with Crippen LogP contribution in [0.3, 0.4) is 0 Å². The van der Waals surface area contributed by atoms with Crippen LogP contribution in [0.25, 0.3) is 11.0 Å². The first kappa shape index (κ1) is 21.2. The molecule has 0 bridgehead atoms. The molecular weight excluding hydrogens is 428 g/mol. The molecule has 0 aliphatic heterocycles. The van der Waals surface area contributed by atoms with Gasteiger partial charge in [-0.15, -0.1) is 0 Å². The summed E-state index contributed by atoms with van der Waals surface area (Å²) in [4.78, 5) is 4.94. The van der Waals surface area contributed by atoms with Crippen LogP contribution in [0.1, 0.15) is 40.8 Å². The highest BCUT2D eigenvalue weighted by Crippen LogP contribution is 2.41. The van der Waals surface area contributed by atoms with E-state index in [1.165, 1.54) is 16.7 Å². The minimum absolute atomic E-state index is 0.0833. The predicted octanol–water partition coefficient (Wildman–Crippen LogP) is 7.62. The molecule has 1 unspecified atom stereocenters. The lowest BCUT2D eigenvalue weighted by Crippen LogP contribution is -2.36. The van der Waals surface area contributed by atoms with E-state index < -0.39 is 5.54 Å². The second-order valence-electron chi connectivity index (χ2n) is 8.92. The van der Waals surface area contributed by atoms with Crippen LogP contribution in [-0.2, 0) is 5.54 Å². The van der Waals surface area contributed by atoms with Gasteiger partial charge in [0.2, 0.25) is 0 Å². The van der Waals surface area contributed by atoms with Gasteiger partial charge in [0.05, 0.1) is 18.3 Å². The van der Waals surface area contributed by atoms with Crippen molar-refractivity contribution in [1.29, 1.82) is 0 Å². The molecule has 1 atom stereocenters. The molecule has 0 aliphatic rings. The molecule has 0 saturated heterocycles. The molecule has 3 heteroatoms. The van der Waals surface area contributed by atoms with Crippen molar-refractivity contribution in [3.8, 4) is 0 Å². The third-order valence-corrected chi connectivity index (χ3v) is 6.99. The van der Waals surface area contributed by atoms with Gasteiger partial charge in [0.15, 0.2) is 0 Å². The molecule has 0 N–H and O–H groups in total. The van der Waals surface area contributed by atoms with Crippen molar-refractivity contribution in [3.05, 3.63) is 162 Å². The summed E-state index contributed by atoms with van der Waals surface area (Å²) >= 11 is 0. The van der Waals surface area contributed by atoms with E-state index in [4.69, 9.17) is 9.40 Å². The van der Waals surface area contributed by atoms with Crippen LogP contribution in [0.2, 0.25) is 0 Å². The average molecular weight is 455 g/mol. The smallest absolute Gasteiger partial charge is 0.134 e. The highest BCUT2D eigenvalue weighted by Gasteiger charge is 2.38. The van der Waals surface area contributed by atoms with Gasteiger partial charge in [-0.05, 0) is 22.8 Å². The van der Waals surface area contributed by atoms with E-state index in [1.807, 2.05) is 24.7 Å². The summed E-state index contributed by atoms with van der Waals surface area (Å²) in [6.07, 6.45) is 6.04. The molecule has 0 aliphatic carbocycles. The summed E-state index contributed by atoms with van der Waals surface area (Å²) < 4.78 is 8.10. The Kier molecular flexibility index (Phi) is 5.31. The predicted molar refractivity (Wildman–Crippen MR) is 141 cm³/mol. The van der Waals surface area contributed by atoms with E-state index in [1.54, 1.807) is 0 Å². The molecule has 0 amide bonds. The molecule has 0 fully saturated rings. The first-order chi connectivity index (χ1) is 17.3. The Morgan fingerprint density at radius 2 is 1.20 bits per heavy atom. The van der Waals surface area contributed by atoms with Crippen LogP contribution >= 0.6 is 0 Å². The van der Waals surface area contributed by atoms with E-state index in [-0.39, 0.29) is 5.92 Å². The van der Waals surface area contributed by atoms with E-state index in [0.29, 0.717) is 0 Å². The van der Waals surface area contributed by atoms with Crippen molar-refractivity contribution in [2.45, 2.75) is 18.4 Å². The Bertz CT molecular complexity index is 1450. The van der Waals surface area contributed by atoms with Crippen molar-refractivity contribution >= 4 is 11.0 Å². The van der Waals surface area contributed by atoms with Gasteiger partial charge in [0.25, 0.3) is 0 Å². The summed E-state index contributed by atoms with van der Waals surface area (Å²) in [7, 11) is 0. The third kappa shape index (κ3) is 3.48. The van der Waals surface area contributed by atoms with Crippen LogP contribution in [0, 0.1) is 0 Å². The van der Waals surface area contributed by atoms with E-state index >= 15 is 0 Å². The van der Waals surface area contributed by atoms with E-state index in [9.17, 15) is 0 Å². The van der Waals surface area contributed by atoms with Gasteiger partial charge in [-0.3, -0.25) is 0 Å². The Balaban J connectivity index is 1.57. The van der Waals surface area contributed by atoms with Gasteiger partial charge in [0.1, 0.15) is 11.1 Å². The fraction of sp³-hybridized carbons (Fsp3) is 0.0938. The average Bonchev–Trinajstić information content (AvgIpc) is 3.59. The van der Waals surface area contributed by atoms with Gasteiger partial charge < -0.3 is 8.98 Å². The van der Waals surface area contributed by atoms with Crippen LogP contribution in [0.4, 0.5) is 0 Å². The zero-order valence-electron chi connectivity index (χ0n) is 19.6. The summed E-state index contributed by atoms with van der Waals surface area (Å²) in [5.74, 6) is 0.0833. The molecule has 6 rings (SSSR count). The molecule has 2 heterocycles. The maximum absolute atomic E-state index is 5.84. The summed E-state index contributed by atoms with van der Waals surface area (Å²) in [5, 5.41) is 1.13. The van der Waals surface area contributed by atoms with Crippen LogP contribution in [0.15, 0.2) is 138 Å². The number of imidazole rings is 1. The van der Waals surface area contributed by atoms with Crippen molar-refractivity contribution in [2.75, 3.05) is 0 Å². The summed E-state index contributed by atoms with van der Waals surface area (Å²) in [6.45, 7) is 2.19. The standard InChI is InChI=1S/C32H26N2O/c1-24(29-22-35-31-20-12-11-19-28(29)31)30-21-34(23-33-30)32(25-13-5-2-6-14-25,26-15-7-3-8-16-26)27-17-9-4-10-18-27/h2-24H,1H3. The fourth-order valence-corrected chi connectivity index (χ4v) is 5.22. The van der Waals surface area contributed by atoms with Crippen molar-refractivity contribution in [3.63, 3.8) is 0 Å². The van der Waals surface area contributed by atoms with E-state index in [2.05, 4.69) is 121 Å². The maximum Gasteiger partial charge on any atom is 0.134 e. The van der Waals surface area contributed by atoms with Gasteiger partial charge in [-0.2, -0.15) is 0 Å². The Hall–Kier alpha value is -4.37. The first-order valence-corrected chi connectivity index (χ1v) is 12.0. The number of para-hydroxylation sites is 1. The highest BCUT2D eigenvalue weighted by molar-refractivity contribution is 5.81. The summed E-state index contributed by atoms with van der Waals surface area (Å²) in [6, 6.07) is 40.2. The number of rotatable bonds is 6. The van der Waals surface area contributed by atoms with Gasteiger partial charge in [-0.25, -0.2) is 4.98 Å². The number of hydrogen-bond acceptors (Lipinski definition) is 2. The van der Waals surface area contributed by atoms with Crippen LogP contribution < -0.4 is 0 Å². The lowest BCUT2D eigenvalue weighted by molar-refractivity contribution is 0.514. The molecule has 0 spiro atoms. The number of benzene rings is 4. The minimum Gasteiger partial charge on any atom is -0.464 e. The zero-order chi connectivity index (χ0) is 23.7. The number of hydrogen-bond donors (Lipinski definition) is 0. The Morgan fingerprint density at radius 1 is 0.686 bits per heavy atom. The lowest BCUT2D eigenvalue weighted by Gasteiger charge is -2.37. The number of aromatic nitrogens is 2. The Morgan fingerprint density at radius 3 is 1.77 bits per heavy atom. The largest absolute Gasteiger partial charge is 0.464 e. The number of furan rings is 1. The molecule has 3 nitrogen and oxygen atoms in total. The topological polar surface area (TPSA) is 31.0 Å². The second-order valence-corrected chi connectivity index (χ2v) is 8.92. The molecule has 6 aromatic rings. The quantitative estimate of drug-likeness (QED) is 0.242. The molecule has 0 radical (unpaired) electrons. The van der Waals surface area contributed by atoms with Crippen molar-refractivity contribution in [1.82, 2.24) is 9.55 Å². The number of fused-ring (bicyclic) bond motifs is 1.